The zero-order valence-electron chi connectivity index (χ0n) is 13.8. The zero-order chi connectivity index (χ0) is 16.9. The Balaban J connectivity index is 1.91. The molecule has 122 valence electrons. The number of nitrogens with zero attached hydrogens (tertiary/aromatic N) is 2. The van der Waals surface area contributed by atoms with E-state index in [0.717, 1.165) is 38.3 Å². The number of aliphatic imine (C=N–C) groups is 1. The quantitative estimate of drug-likeness (QED) is 0.622. The summed E-state index contributed by atoms with van der Waals surface area (Å²) in [6.07, 6.45) is 1.76. The van der Waals surface area contributed by atoms with E-state index in [1.807, 2.05) is 36.4 Å². The maximum atomic E-state index is 5.37. The van der Waals surface area contributed by atoms with Crippen molar-refractivity contribution in [3.8, 4) is 22.8 Å². The van der Waals surface area contributed by atoms with Gasteiger partial charge in [0.1, 0.15) is 11.5 Å². The molecule has 0 atom stereocenters. The molecule has 0 aliphatic carbocycles. The van der Waals surface area contributed by atoms with Gasteiger partial charge in [0, 0.05) is 22.2 Å². The molecule has 24 heavy (non-hydrogen) atoms. The van der Waals surface area contributed by atoms with E-state index in [1.54, 1.807) is 31.8 Å². The molecule has 0 aliphatic heterocycles. The molecule has 0 radical (unpaired) electrons. The normalized spacial score (nSPS) is 11.0. The first kappa shape index (κ1) is 16.2. The number of thiazole rings is 1. The lowest BCUT2D eigenvalue weighted by atomic mass is 10.1. The summed E-state index contributed by atoms with van der Waals surface area (Å²) < 4.78 is 10.6. The molecule has 0 fully saturated rings. The van der Waals surface area contributed by atoms with Crippen molar-refractivity contribution in [2.75, 3.05) is 14.2 Å². The fraction of sp³-hybridized carbons (Fsp3) is 0.158. The molecule has 0 unspecified atom stereocenters. The minimum Gasteiger partial charge on any atom is -0.497 e. The molecule has 4 nitrogen and oxygen atoms in total. The van der Waals surface area contributed by atoms with Gasteiger partial charge in [-0.15, -0.1) is 0 Å². The summed E-state index contributed by atoms with van der Waals surface area (Å²) in [6, 6.07) is 15.7. The van der Waals surface area contributed by atoms with Crippen molar-refractivity contribution in [2.24, 2.45) is 4.99 Å². The summed E-state index contributed by atoms with van der Waals surface area (Å²) in [5, 5.41) is 0.719. The summed E-state index contributed by atoms with van der Waals surface area (Å²) in [6.45, 7) is 2.06. The molecular formula is C19H18N2O2S. The Morgan fingerprint density at radius 2 is 1.83 bits per heavy atom. The predicted octanol–water partition coefficient (Wildman–Crippen LogP) is 4.89. The Labute approximate surface area is 145 Å². The van der Waals surface area contributed by atoms with Crippen molar-refractivity contribution in [1.82, 2.24) is 4.98 Å². The lowest BCUT2D eigenvalue weighted by Gasteiger charge is -2.06. The van der Waals surface area contributed by atoms with Crippen molar-refractivity contribution < 1.29 is 9.47 Å². The molecule has 3 rings (SSSR count). The van der Waals surface area contributed by atoms with Gasteiger partial charge in [-0.1, -0.05) is 41.7 Å². The highest BCUT2D eigenvalue weighted by atomic mass is 32.1. The molecule has 0 saturated heterocycles. The van der Waals surface area contributed by atoms with Gasteiger partial charge in [0.25, 0.3) is 0 Å². The third-order valence-electron chi connectivity index (χ3n) is 3.58. The summed E-state index contributed by atoms with van der Waals surface area (Å²) in [7, 11) is 3.28. The van der Waals surface area contributed by atoms with Gasteiger partial charge >= 0.3 is 0 Å². The van der Waals surface area contributed by atoms with Crippen LogP contribution in [0.3, 0.4) is 0 Å². The molecule has 1 aromatic heterocycles. The van der Waals surface area contributed by atoms with Crippen LogP contribution in [0.25, 0.3) is 11.3 Å². The van der Waals surface area contributed by atoms with E-state index in [4.69, 9.17) is 9.47 Å². The van der Waals surface area contributed by atoms with Crippen molar-refractivity contribution >= 4 is 22.7 Å². The van der Waals surface area contributed by atoms with E-state index in [9.17, 15) is 0 Å². The Morgan fingerprint density at radius 3 is 2.54 bits per heavy atom. The zero-order valence-corrected chi connectivity index (χ0v) is 14.6. The fourth-order valence-corrected chi connectivity index (χ4v) is 3.14. The standard InChI is InChI=1S/C19H18N2O2S/c1-13-18(14-7-5-4-6-8-14)21-19(24-13)20-12-15-11-16(22-2)9-10-17(15)23-3/h4-12H,1-3H3. The van der Waals surface area contributed by atoms with Gasteiger partial charge in [-0.25, -0.2) is 9.98 Å². The summed E-state index contributed by atoms with van der Waals surface area (Å²) >= 11 is 1.57. The third kappa shape index (κ3) is 3.46. The Kier molecular flexibility index (Phi) is 4.91. The number of hydrogen-bond donors (Lipinski definition) is 0. The summed E-state index contributed by atoms with van der Waals surface area (Å²) in [5.74, 6) is 1.51. The van der Waals surface area contributed by atoms with Gasteiger partial charge in [0.15, 0.2) is 0 Å². The van der Waals surface area contributed by atoms with Gasteiger partial charge in [0.2, 0.25) is 5.13 Å². The van der Waals surface area contributed by atoms with Crippen LogP contribution in [0.1, 0.15) is 10.4 Å². The predicted molar refractivity (Wildman–Crippen MR) is 99.1 cm³/mol. The molecule has 0 bridgehead atoms. The minimum atomic E-state index is 0.719. The van der Waals surface area contributed by atoms with E-state index in [1.165, 1.54) is 0 Å². The van der Waals surface area contributed by atoms with Gasteiger partial charge < -0.3 is 9.47 Å². The first-order chi connectivity index (χ1) is 11.7. The maximum Gasteiger partial charge on any atom is 0.209 e. The van der Waals surface area contributed by atoms with Gasteiger partial charge in [-0.05, 0) is 25.1 Å². The maximum absolute atomic E-state index is 5.37. The van der Waals surface area contributed by atoms with Crippen molar-refractivity contribution in [3.63, 3.8) is 0 Å². The van der Waals surface area contributed by atoms with Gasteiger partial charge in [-0.3, -0.25) is 0 Å². The second-order valence-electron chi connectivity index (χ2n) is 5.13. The fourth-order valence-electron chi connectivity index (χ4n) is 2.37. The molecule has 0 amide bonds. The summed E-state index contributed by atoms with van der Waals surface area (Å²) in [5.41, 5.74) is 2.93. The first-order valence-corrected chi connectivity index (χ1v) is 8.32. The van der Waals surface area contributed by atoms with Crippen LogP contribution in [-0.2, 0) is 0 Å². The highest BCUT2D eigenvalue weighted by Gasteiger charge is 2.09. The molecule has 0 saturated carbocycles. The van der Waals surface area contributed by atoms with Crippen LogP contribution in [0.2, 0.25) is 0 Å². The molecule has 0 aliphatic rings. The lowest BCUT2D eigenvalue weighted by Crippen LogP contribution is -1.92. The molecule has 1 heterocycles. The van der Waals surface area contributed by atoms with E-state index in [0.29, 0.717) is 0 Å². The molecule has 0 spiro atoms. The third-order valence-corrected chi connectivity index (χ3v) is 4.46. The monoisotopic (exact) mass is 338 g/mol. The largest absolute Gasteiger partial charge is 0.497 e. The summed E-state index contributed by atoms with van der Waals surface area (Å²) in [4.78, 5) is 10.3. The number of rotatable bonds is 5. The van der Waals surface area contributed by atoms with Crippen molar-refractivity contribution in [2.45, 2.75) is 6.92 Å². The lowest BCUT2D eigenvalue weighted by molar-refractivity contribution is 0.402. The van der Waals surface area contributed by atoms with E-state index < -0.39 is 0 Å². The Morgan fingerprint density at radius 1 is 1.04 bits per heavy atom. The van der Waals surface area contributed by atoms with E-state index in [2.05, 4.69) is 29.0 Å². The molecular weight excluding hydrogens is 320 g/mol. The van der Waals surface area contributed by atoms with Crippen LogP contribution in [-0.4, -0.2) is 25.4 Å². The topological polar surface area (TPSA) is 43.7 Å². The van der Waals surface area contributed by atoms with Crippen LogP contribution in [0.5, 0.6) is 11.5 Å². The second kappa shape index (κ2) is 7.27. The molecule has 5 heteroatoms. The van der Waals surface area contributed by atoms with Crippen LogP contribution in [0.4, 0.5) is 5.13 Å². The van der Waals surface area contributed by atoms with Crippen LogP contribution < -0.4 is 9.47 Å². The number of aryl methyl sites for hydroxylation is 1. The highest BCUT2D eigenvalue weighted by molar-refractivity contribution is 7.15. The number of aromatic nitrogens is 1. The van der Waals surface area contributed by atoms with Crippen molar-refractivity contribution in [3.05, 3.63) is 59.0 Å². The molecule has 3 aromatic rings. The van der Waals surface area contributed by atoms with Crippen molar-refractivity contribution in [1.29, 1.82) is 0 Å². The number of ether oxygens (including phenoxy) is 2. The van der Waals surface area contributed by atoms with E-state index in [-0.39, 0.29) is 0 Å². The average Bonchev–Trinajstić information content (AvgIpc) is 3.01. The van der Waals surface area contributed by atoms with Crippen LogP contribution in [0, 0.1) is 6.92 Å². The number of methoxy groups -OCH3 is 2. The smallest absolute Gasteiger partial charge is 0.209 e. The number of hydrogen-bond acceptors (Lipinski definition) is 5. The van der Waals surface area contributed by atoms with Crippen LogP contribution >= 0.6 is 11.3 Å². The Hall–Kier alpha value is -2.66. The minimum absolute atomic E-state index is 0.719. The van der Waals surface area contributed by atoms with Gasteiger partial charge in [0.05, 0.1) is 19.9 Å². The van der Waals surface area contributed by atoms with Gasteiger partial charge in [-0.2, -0.15) is 0 Å². The SMILES string of the molecule is COc1ccc(OC)c(C=Nc2nc(-c3ccccc3)c(C)s2)c1. The number of benzene rings is 2. The first-order valence-electron chi connectivity index (χ1n) is 7.50. The molecule has 2 aromatic carbocycles. The van der Waals surface area contributed by atoms with E-state index >= 15 is 0 Å². The highest BCUT2D eigenvalue weighted by Crippen LogP contribution is 2.32. The second-order valence-corrected chi connectivity index (χ2v) is 6.31. The average molecular weight is 338 g/mol. The molecule has 0 N–H and O–H groups in total. The Bertz CT molecular complexity index is 857. The van der Waals surface area contributed by atoms with Crippen LogP contribution in [0.15, 0.2) is 53.5 Å².